The molecular formula is C17H15N3O4. The zero-order chi connectivity index (χ0) is 17.3. The van der Waals surface area contributed by atoms with E-state index < -0.39 is 16.9 Å². The van der Waals surface area contributed by atoms with Crippen LogP contribution in [0.2, 0.25) is 0 Å². The Hall–Kier alpha value is -3.22. The summed E-state index contributed by atoms with van der Waals surface area (Å²) in [6, 6.07) is 12.4. The van der Waals surface area contributed by atoms with Gasteiger partial charge in [-0.15, -0.1) is 0 Å². The second kappa shape index (κ2) is 6.11. The first-order valence-electron chi connectivity index (χ1n) is 7.40. The summed E-state index contributed by atoms with van der Waals surface area (Å²) in [5.74, 6) is -0.819. The van der Waals surface area contributed by atoms with E-state index in [-0.39, 0.29) is 18.0 Å². The number of nitrogens with two attached hydrogens (primary N) is 1. The van der Waals surface area contributed by atoms with E-state index in [0.29, 0.717) is 17.7 Å². The maximum atomic E-state index is 12.7. The van der Waals surface area contributed by atoms with Gasteiger partial charge in [0.2, 0.25) is 11.8 Å². The predicted molar refractivity (Wildman–Crippen MR) is 87.4 cm³/mol. The number of carbonyl (C=O) groups is 2. The van der Waals surface area contributed by atoms with E-state index in [9.17, 15) is 19.7 Å². The molecule has 0 fully saturated rings. The van der Waals surface area contributed by atoms with Crippen molar-refractivity contribution in [3.63, 3.8) is 0 Å². The van der Waals surface area contributed by atoms with Crippen molar-refractivity contribution in [1.82, 2.24) is 0 Å². The fraction of sp³-hybridized carbons (Fsp3) is 0.176. The molecule has 2 amide bonds. The highest BCUT2D eigenvalue weighted by Crippen LogP contribution is 2.32. The first kappa shape index (κ1) is 15.7. The molecule has 0 saturated heterocycles. The number of nitrogens with zero attached hydrogens (tertiary/aromatic N) is 2. The quantitative estimate of drug-likeness (QED) is 0.680. The van der Waals surface area contributed by atoms with Gasteiger partial charge in [-0.05, 0) is 17.2 Å². The Morgan fingerprint density at radius 2 is 1.83 bits per heavy atom. The number of carbonyl (C=O) groups excluding carboxylic acids is 2. The molecule has 122 valence electrons. The maximum absolute atomic E-state index is 12.7. The van der Waals surface area contributed by atoms with Gasteiger partial charge in [-0.3, -0.25) is 24.6 Å². The van der Waals surface area contributed by atoms with Gasteiger partial charge in [0.15, 0.2) is 0 Å². The van der Waals surface area contributed by atoms with Gasteiger partial charge in [0.05, 0.1) is 11.3 Å². The largest absolute Gasteiger partial charge is 0.368 e. The van der Waals surface area contributed by atoms with Gasteiger partial charge in [-0.25, -0.2) is 0 Å². The van der Waals surface area contributed by atoms with Crippen LogP contribution in [0.3, 0.4) is 0 Å². The van der Waals surface area contributed by atoms with Crippen molar-refractivity contribution < 1.29 is 14.5 Å². The Balaban J connectivity index is 1.85. The molecule has 0 spiro atoms. The lowest BCUT2D eigenvalue weighted by Gasteiger charge is -2.23. The molecule has 0 bridgehead atoms. The number of fused-ring (bicyclic) bond motifs is 1. The van der Waals surface area contributed by atoms with E-state index in [4.69, 9.17) is 5.73 Å². The van der Waals surface area contributed by atoms with E-state index in [2.05, 4.69) is 0 Å². The highest BCUT2D eigenvalue weighted by atomic mass is 16.6. The average Bonchev–Trinajstić information content (AvgIpc) is 2.95. The molecule has 1 atom stereocenters. The number of primary amides is 1. The van der Waals surface area contributed by atoms with E-state index in [1.165, 1.54) is 29.2 Å². The highest BCUT2D eigenvalue weighted by Gasteiger charge is 2.36. The summed E-state index contributed by atoms with van der Waals surface area (Å²) >= 11 is 0. The van der Waals surface area contributed by atoms with Crippen molar-refractivity contribution in [3.8, 4) is 0 Å². The van der Waals surface area contributed by atoms with Crippen molar-refractivity contribution >= 4 is 23.2 Å². The van der Waals surface area contributed by atoms with Crippen LogP contribution in [-0.2, 0) is 22.4 Å². The van der Waals surface area contributed by atoms with Gasteiger partial charge in [0.1, 0.15) is 6.04 Å². The lowest BCUT2D eigenvalue weighted by Crippen LogP contribution is -2.46. The van der Waals surface area contributed by atoms with Crippen molar-refractivity contribution in [2.75, 3.05) is 4.90 Å². The molecule has 1 aliphatic rings. The van der Waals surface area contributed by atoms with Crippen molar-refractivity contribution in [1.29, 1.82) is 0 Å². The molecule has 1 unspecified atom stereocenters. The third kappa shape index (κ3) is 2.83. The van der Waals surface area contributed by atoms with Crippen molar-refractivity contribution in [2.24, 2.45) is 5.73 Å². The lowest BCUT2D eigenvalue weighted by atomic mass is 10.1. The molecule has 0 saturated carbocycles. The van der Waals surface area contributed by atoms with Gasteiger partial charge in [-0.1, -0.05) is 30.3 Å². The Morgan fingerprint density at radius 3 is 2.46 bits per heavy atom. The second-order valence-electron chi connectivity index (χ2n) is 5.62. The maximum Gasteiger partial charge on any atom is 0.269 e. The fourth-order valence-electron chi connectivity index (χ4n) is 2.92. The SMILES string of the molecule is NC(=O)C1Cc2ccccc2N1C(=O)Cc1ccc([N+](=O)[O-])cc1. The molecular weight excluding hydrogens is 310 g/mol. The second-order valence-corrected chi connectivity index (χ2v) is 5.62. The van der Waals surface area contributed by atoms with Crippen LogP contribution in [0, 0.1) is 10.1 Å². The number of non-ortho nitro benzene ring substituents is 1. The van der Waals surface area contributed by atoms with Crippen molar-refractivity contribution in [3.05, 3.63) is 69.8 Å². The summed E-state index contributed by atoms with van der Waals surface area (Å²) in [6.45, 7) is 0. The van der Waals surface area contributed by atoms with E-state index >= 15 is 0 Å². The van der Waals surface area contributed by atoms with Gasteiger partial charge >= 0.3 is 0 Å². The summed E-state index contributed by atoms with van der Waals surface area (Å²) in [5.41, 5.74) is 7.64. The van der Waals surface area contributed by atoms with E-state index in [1.807, 2.05) is 12.1 Å². The summed E-state index contributed by atoms with van der Waals surface area (Å²) < 4.78 is 0. The van der Waals surface area contributed by atoms with Crippen LogP contribution in [0.15, 0.2) is 48.5 Å². The molecule has 2 aromatic rings. The number of hydrogen-bond donors (Lipinski definition) is 1. The summed E-state index contributed by atoms with van der Waals surface area (Å²) in [6.07, 6.45) is 0.438. The van der Waals surface area contributed by atoms with Gasteiger partial charge in [-0.2, -0.15) is 0 Å². The third-order valence-electron chi connectivity index (χ3n) is 4.08. The van der Waals surface area contributed by atoms with Crippen LogP contribution in [-0.4, -0.2) is 22.8 Å². The first-order chi connectivity index (χ1) is 11.5. The molecule has 24 heavy (non-hydrogen) atoms. The molecule has 1 aliphatic heterocycles. The third-order valence-corrected chi connectivity index (χ3v) is 4.08. The number of benzene rings is 2. The Kier molecular flexibility index (Phi) is 3.99. The molecule has 7 heteroatoms. The molecule has 3 rings (SSSR count). The number of para-hydroxylation sites is 1. The van der Waals surface area contributed by atoms with E-state index in [1.54, 1.807) is 12.1 Å². The van der Waals surface area contributed by atoms with Crippen LogP contribution in [0.1, 0.15) is 11.1 Å². The standard InChI is InChI=1S/C17H15N3O4/c18-17(22)15-10-12-3-1-2-4-14(12)19(15)16(21)9-11-5-7-13(8-6-11)20(23)24/h1-8,15H,9-10H2,(H2,18,22). The van der Waals surface area contributed by atoms with Gasteiger partial charge in [0.25, 0.3) is 5.69 Å². The summed E-state index contributed by atoms with van der Waals surface area (Å²) in [5, 5.41) is 10.7. The minimum absolute atomic E-state index is 0.0345. The molecule has 7 nitrogen and oxygen atoms in total. The van der Waals surface area contributed by atoms with Crippen LogP contribution in [0.25, 0.3) is 0 Å². The molecule has 0 radical (unpaired) electrons. The van der Waals surface area contributed by atoms with Crippen LogP contribution in [0.5, 0.6) is 0 Å². The molecule has 0 aliphatic carbocycles. The topological polar surface area (TPSA) is 107 Å². The minimum Gasteiger partial charge on any atom is -0.368 e. The zero-order valence-electron chi connectivity index (χ0n) is 12.7. The number of nitro benzene ring substituents is 1. The number of amides is 2. The monoisotopic (exact) mass is 325 g/mol. The highest BCUT2D eigenvalue weighted by molar-refractivity contribution is 6.03. The van der Waals surface area contributed by atoms with Crippen LogP contribution >= 0.6 is 0 Å². The lowest BCUT2D eigenvalue weighted by molar-refractivity contribution is -0.384. The molecule has 2 aromatic carbocycles. The van der Waals surface area contributed by atoms with Crippen LogP contribution in [0.4, 0.5) is 11.4 Å². The predicted octanol–water partition coefficient (Wildman–Crippen LogP) is 1.58. The molecule has 1 heterocycles. The summed E-state index contributed by atoms with van der Waals surface area (Å²) in [7, 11) is 0. The Morgan fingerprint density at radius 1 is 1.17 bits per heavy atom. The molecule has 2 N–H and O–H groups in total. The number of anilines is 1. The smallest absolute Gasteiger partial charge is 0.269 e. The first-order valence-corrected chi connectivity index (χ1v) is 7.40. The Labute approximate surface area is 137 Å². The normalized spacial score (nSPS) is 15.8. The Bertz CT molecular complexity index is 817. The van der Waals surface area contributed by atoms with Gasteiger partial charge in [0, 0.05) is 24.2 Å². The van der Waals surface area contributed by atoms with Gasteiger partial charge < -0.3 is 5.73 Å². The molecule has 0 aromatic heterocycles. The minimum atomic E-state index is -0.701. The number of hydrogen-bond acceptors (Lipinski definition) is 4. The summed E-state index contributed by atoms with van der Waals surface area (Å²) in [4.78, 5) is 36.0. The van der Waals surface area contributed by atoms with Crippen LogP contribution < -0.4 is 10.6 Å². The number of nitro groups is 1. The zero-order valence-corrected chi connectivity index (χ0v) is 12.7. The van der Waals surface area contributed by atoms with Crippen molar-refractivity contribution in [2.45, 2.75) is 18.9 Å². The fourth-order valence-corrected chi connectivity index (χ4v) is 2.92. The van der Waals surface area contributed by atoms with E-state index in [0.717, 1.165) is 5.56 Å². The average molecular weight is 325 g/mol. The number of rotatable bonds is 4.